The molecule has 1 aliphatic rings. The first-order valence-electron chi connectivity index (χ1n) is 11.8. The van der Waals surface area contributed by atoms with E-state index in [1.165, 1.54) is 0 Å². The Morgan fingerprint density at radius 1 is 1.00 bits per heavy atom. The van der Waals surface area contributed by atoms with Crippen molar-refractivity contribution < 1.29 is 19.4 Å². The fourth-order valence-corrected chi connectivity index (χ4v) is 4.40. The van der Waals surface area contributed by atoms with Crippen LogP contribution in [0.3, 0.4) is 0 Å². The highest BCUT2D eigenvalue weighted by Crippen LogP contribution is 2.23. The van der Waals surface area contributed by atoms with Crippen LogP contribution >= 0.6 is 0 Å². The number of carbonyl (C=O) groups excluding carboxylic acids is 1. The van der Waals surface area contributed by atoms with Crippen molar-refractivity contribution in [2.45, 2.75) is 13.0 Å². The number of carbonyl (C=O) groups is 2. The van der Waals surface area contributed by atoms with Crippen LogP contribution in [0.1, 0.15) is 22.3 Å². The number of hydrogen-bond donors (Lipinski definition) is 2. The molecule has 0 spiro atoms. The molecule has 0 radical (unpaired) electrons. The second kappa shape index (κ2) is 11.6. The summed E-state index contributed by atoms with van der Waals surface area (Å²) in [5, 5.41) is 12.0. The van der Waals surface area contributed by atoms with Gasteiger partial charge in [-0.1, -0.05) is 30.3 Å². The number of anilines is 1. The van der Waals surface area contributed by atoms with E-state index in [0.717, 1.165) is 55.3 Å². The molecule has 3 aromatic carbocycles. The van der Waals surface area contributed by atoms with Gasteiger partial charge >= 0.3 is 5.97 Å². The predicted octanol–water partition coefficient (Wildman–Crippen LogP) is 4.57. The third-order valence-corrected chi connectivity index (χ3v) is 6.08. The van der Waals surface area contributed by atoms with Crippen LogP contribution in [0.15, 0.2) is 78.9 Å². The highest BCUT2D eigenvalue weighted by molar-refractivity contribution is 5.92. The lowest BCUT2D eigenvalue weighted by Gasteiger charge is -2.21. The van der Waals surface area contributed by atoms with E-state index in [9.17, 15) is 9.59 Å². The van der Waals surface area contributed by atoms with Crippen LogP contribution in [0.2, 0.25) is 0 Å². The van der Waals surface area contributed by atoms with E-state index in [0.29, 0.717) is 18.0 Å². The Balaban J connectivity index is 1.18. The number of rotatable bonds is 10. The molecule has 0 bridgehead atoms. The first kappa shape index (κ1) is 24.4. The second-order valence-corrected chi connectivity index (χ2v) is 9.08. The molecule has 1 atom stereocenters. The normalized spacial score (nSPS) is 15.8. The lowest BCUT2D eigenvalue weighted by molar-refractivity contribution is -0.117. The van der Waals surface area contributed by atoms with E-state index < -0.39 is 5.97 Å². The van der Waals surface area contributed by atoms with Gasteiger partial charge in [-0.25, -0.2) is 4.79 Å². The molecule has 0 unspecified atom stereocenters. The Hall–Kier alpha value is -3.68. The average molecular weight is 474 g/mol. The van der Waals surface area contributed by atoms with E-state index in [1.54, 1.807) is 12.1 Å². The van der Waals surface area contributed by atoms with E-state index in [1.807, 2.05) is 73.8 Å². The Morgan fingerprint density at radius 3 is 2.37 bits per heavy atom. The number of nitrogens with zero attached hydrogens (tertiary/aromatic N) is 2. The molecular weight excluding hydrogens is 442 g/mol. The topological polar surface area (TPSA) is 82.1 Å². The molecule has 3 aromatic rings. The van der Waals surface area contributed by atoms with E-state index >= 15 is 0 Å². The minimum Gasteiger partial charge on any atom is -0.478 e. The van der Waals surface area contributed by atoms with E-state index in [2.05, 4.69) is 15.1 Å². The number of likely N-dealkylation sites (tertiary alicyclic amines) is 1. The van der Waals surface area contributed by atoms with Crippen molar-refractivity contribution in [3.63, 3.8) is 0 Å². The van der Waals surface area contributed by atoms with Gasteiger partial charge in [0.2, 0.25) is 5.91 Å². The van der Waals surface area contributed by atoms with Gasteiger partial charge in [0.25, 0.3) is 0 Å². The van der Waals surface area contributed by atoms with Crippen molar-refractivity contribution in [1.82, 2.24) is 9.80 Å². The summed E-state index contributed by atoms with van der Waals surface area (Å²) < 4.78 is 5.79. The van der Waals surface area contributed by atoms with Gasteiger partial charge in [0, 0.05) is 25.3 Å². The highest BCUT2D eigenvalue weighted by atomic mass is 16.5. The maximum atomic E-state index is 12.5. The fraction of sp³-hybridized carbons (Fsp3) is 0.286. The Morgan fingerprint density at radius 2 is 1.69 bits per heavy atom. The predicted molar refractivity (Wildman–Crippen MR) is 136 cm³/mol. The van der Waals surface area contributed by atoms with Crippen LogP contribution in [-0.4, -0.2) is 60.0 Å². The van der Waals surface area contributed by atoms with E-state index in [-0.39, 0.29) is 5.91 Å². The van der Waals surface area contributed by atoms with Gasteiger partial charge in [-0.2, -0.15) is 0 Å². The van der Waals surface area contributed by atoms with Gasteiger partial charge in [-0.05, 0) is 80.0 Å². The number of benzene rings is 3. The average Bonchev–Trinajstić information content (AvgIpc) is 3.27. The van der Waals surface area contributed by atoms with Gasteiger partial charge in [0.05, 0.1) is 12.1 Å². The lowest BCUT2D eigenvalue weighted by Crippen LogP contribution is -2.34. The van der Waals surface area contributed by atoms with Gasteiger partial charge < -0.3 is 15.2 Å². The molecule has 7 nitrogen and oxygen atoms in total. The molecule has 1 fully saturated rings. The monoisotopic (exact) mass is 473 g/mol. The Bertz CT molecular complexity index is 1120. The molecular formula is C28H31N3O4. The molecule has 4 rings (SSSR count). The summed E-state index contributed by atoms with van der Waals surface area (Å²) in [7, 11) is 1.98. The largest absolute Gasteiger partial charge is 0.478 e. The number of nitrogens with one attached hydrogen (secondary N) is 1. The first-order valence-corrected chi connectivity index (χ1v) is 11.8. The smallest absolute Gasteiger partial charge is 0.335 e. The number of hydrogen-bond acceptors (Lipinski definition) is 5. The Kier molecular flexibility index (Phi) is 8.13. The molecule has 1 amide bonds. The van der Waals surface area contributed by atoms with Crippen molar-refractivity contribution in [3.05, 3.63) is 90.0 Å². The number of para-hydroxylation sites is 1. The molecule has 182 valence electrons. The molecule has 1 saturated heterocycles. The van der Waals surface area contributed by atoms with Crippen molar-refractivity contribution >= 4 is 17.6 Å². The van der Waals surface area contributed by atoms with Gasteiger partial charge in [0.1, 0.15) is 11.5 Å². The number of amides is 1. The highest BCUT2D eigenvalue weighted by Gasteiger charge is 2.24. The standard InChI is InChI=1S/C28H31N3O4/c1-30(17-22-15-16-31(19-22)18-21-7-9-23(10-8-21)28(33)34)20-27(32)29-24-11-13-26(14-12-24)35-25-5-3-2-4-6-25/h2-14,22H,15-20H2,1H3,(H,29,32)(H,33,34)/t22-/m1/s1. The van der Waals surface area contributed by atoms with Crippen LogP contribution in [-0.2, 0) is 11.3 Å². The summed E-state index contributed by atoms with van der Waals surface area (Å²) in [6.45, 7) is 3.96. The van der Waals surface area contributed by atoms with Gasteiger partial charge in [-0.3, -0.25) is 14.6 Å². The second-order valence-electron chi connectivity index (χ2n) is 9.08. The van der Waals surface area contributed by atoms with Crippen LogP contribution < -0.4 is 10.1 Å². The van der Waals surface area contributed by atoms with Gasteiger partial charge in [-0.15, -0.1) is 0 Å². The summed E-state index contributed by atoms with van der Waals surface area (Å²) in [4.78, 5) is 28.0. The number of carboxylic acid groups (broad SMARTS) is 1. The van der Waals surface area contributed by atoms with Crippen molar-refractivity contribution in [3.8, 4) is 11.5 Å². The summed E-state index contributed by atoms with van der Waals surface area (Å²) in [5.74, 6) is 1.04. The molecule has 7 heteroatoms. The fourth-order valence-electron chi connectivity index (χ4n) is 4.40. The summed E-state index contributed by atoms with van der Waals surface area (Å²) in [6, 6.07) is 24.0. The van der Waals surface area contributed by atoms with Crippen LogP contribution in [0.25, 0.3) is 0 Å². The van der Waals surface area contributed by atoms with Crippen molar-refractivity contribution in [2.24, 2.45) is 5.92 Å². The Labute approximate surface area is 205 Å². The number of likely N-dealkylation sites (N-methyl/N-ethyl adjacent to an activating group) is 1. The number of ether oxygens (including phenoxy) is 1. The van der Waals surface area contributed by atoms with Crippen molar-refractivity contribution in [2.75, 3.05) is 38.5 Å². The molecule has 2 N–H and O–H groups in total. The molecule has 35 heavy (non-hydrogen) atoms. The van der Waals surface area contributed by atoms with Crippen molar-refractivity contribution in [1.29, 1.82) is 0 Å². The first-order chi connectivity index (χ1) is 16.9. The molecule has 0 aromatic heterocycles. The molecule has 1 aliphatic heterocycles. The van der Waals surface area contributed by atoms with Gasteiger partial charge in [0.15, 0.2) is 0 Å². The lowest BCUT2D eigenvalue weighted by atomic mass is 10.1. The zero-order valence-corrected chi connectivity index (χ0v) is 19.9. The van der Waals surface area contributed by atoms with Crippen LogP contribution in [0, 0.1) is 5.92 Å². The molecule has 0 aliphatic carbocycles. The van der Waals surface area contributed by atoms with Crippen LogP contribution in [0.5, 0.6) is 11.5 Å². The number of carboxylic acids is 1. The third-order valence-electron chi connectivity index (χ3n) is 6.08. The summed E-state index contributed by atoms with van der Waals surface area (Å²) in [5.41, 5.74) is 2.16. The SMILES string of the molecule is CN(CC(=O)Nc1ccc(Oc2ccccc2)cc1)C[C@H]1CCN(Cc2ccc(C(=O)O)cc2)C1. The van der Waals surface area contributed by atoms with E-state index in [4.69, 9.17) is 9.84 Å². The minimum absolute atomic E-state index is 0.0439. The molecule has 0 saturated carbocycles. The minimum atomic E-state index is -0.904. The summed E-state index contributed by atoms with van der Waals surface area (Å²) in [6.07, 6.45) is 1.09. The quantitative estimate of drug-likeness (QED) is 0.449. The summed E-state index contributed by atoms with van der Waals surface area (Å²) >= 11 is 0. The zero-order valence-electron chi connectivity index (χ0n) is 19.9. The molecule has 1 heterocycles. The maximum Gasteiger partial charge on any atom is 0.335 e. The van der Waals surface area contributed by atoms with Crippen LogP contribution in [0.4, 0.5) is 5.69 Å². The zero-order chi connectivity index (χ0) is 24.6. The number of aromatic carboxylic acids is 1. The maximum absolute atomic E-state index is 12.5. The third kappa shape index (κ3) is 7.40.